The summed E-state index contributed by atoms with van der Waals surface area (Å²) in [4.78, 5) is 9.81. The van der Waals surface area contributed by atoms with Crippen molar-refractivity contribution in [1.29, 1.82) is 0 Å². The minimum Gasteiger partial charge on any atom is -0.457 e. The molecule has 0 radical (unpaired) electrons. The molecular formula is C59H64N4O. The molecule has 0 atom stereocenters. The monoisotopic (exact) mass is 845 g/mol. The van der Waals surface area contributed by atoms with Crippen molar-refractivity contribution in [2.75, 3.05) is 16.5 Å². The molecule has 0 saturated heterocycles. The third kappa shape index (κ3) is 7.95. The van der Waals surface area contributed by atoms with E-state index in [4.69, 9.17) is 9.72 Å². The van der Waals surface area contributed by atoms with Crippen molar-refractivity contribution < 1.29 is 4.74 Å². The highest BCUT2D eigenvalue weighted by Crippen LogP contribution is 2.48. The molecule has 3 heterocycles. The van der Waals surface area contributed by atoms with Gasteiger partial charge in [0.25, 0.3) is 0 Å². The molecule has 0 fully saturated rings. The average Bonchev–Trinajstić information content (AvgIpc) is 3.81. The smallest absolute Gasteiger partial charge is 0.137 e. The average molecular weight is 845 g/mol. The number of hydrogen-bond donors (Lipinski definition) is 0. The lowest BCUT2D eigenvalue weighted by Crippen LogP contribution is -2.24. The van der Waals surface area contributed by atoms with Gasteiger partial charge in [-0.05, 0) is 134 Å². The Morgan fingerprint density at radius 2 is 1.14 bits per heavy atom. The molecule has 0 saturated carbocycles. The first-order valence-electron chi connectivity index (χ1n) is 23.2. The fourth-order valence-electron chi connectivity index (χ4n) is 9.41. The fourth-order valence-corrected chi connectivity index (χ4v) is 9.41. The van der Waals surface area contributed by atoms with Crippen LogP contribution in [0.2, 0.25) is 0 Å². The van der Waals surface area contributed by atoms with Crippen LogP contribution in [0.3, 0.4) is 0 Å². The first kappa shape index (κ1) is 42.9. The molecule has 0 amide bonds. The third-order valence-electron chi connectivity index (χ3n) is 13.1. The van der Waals surface area contributed by atoms with Gasteiger partial charge in [0.2, 0.25) is 0 Å². The number of nitrogens with zero attached hydrogens (tertiary/aromatic N) is 4. The van der Waals surface area contributed by atoms with E-state index in [9.17, 15) is 0 Å². The van der Waals surface area contributed by atoms with Crippen LogP contribution < -0.4 is 14.5 Å². The van der Waals surface area contributed by atoms with Crippen LogP contribution in [0.5, 0.6) is 11.5 Å². The molecule has 0 N–H and O–H groups in total. The molecule has 64 heavy (non-hydrogen) atoms. The summed E-state index contributed by atoms with van der Waals surface area (Å²) in [7, 11) is 0. The Labute approximate surface area is 381 Å². The van der Waals surface area contributed by atoms with E-state index < -0.39 is 0 Å². The van der Waals surface area contributed by atoms with Gasteiger partial charge in [-0.25, -0.2) is 4.98 Å². The van der Waals surface area contributed by atoms with Crippen molar-refractivity contribution in [2.24, 2.45) is 0 Å². The van der Waals surface area contributed by atoms with Gasteiger partial charge in [0.05, 0.1) is 22.4 Å². The second-order valence-electron chi connectivity index (χ2n) is 20.8. The van der Waals surface area contributed by atoms with Gasteiger partial charge in [-0.15, -0.1) is 0 Å². The number of anilines is 4. The van der Waals surface area contributed by atoms with Crippen molar-refractivity contribution in [3.05, 3.63) is 167 Å². The predicted molar refractivity (Wildman–Crippen MR) is 272 cm³/mol. The molecule has 326 valence electrons. The van der Waals surface area contributed by atoms with E-state index in [1.54, 1.807) is 0 Å². The summed E-state index contributed by atoms with van der Waals surface area (Å²) >= 11 is 0. The SMILES string of the molecule is CC(C)c1cc(C(C)C)c(-c2cccc(N3CN(c4cccc(Oc5ccc6c7ccccc7n(-c7cc(C(C)(C)C)ccn7)c6c5)c4)c4cc(C(C)(C)C)ccc43)c2)c(C(C)C)c1. The fraction of sp³-hybridized carbons (Fsp3) is 0.305. The highest BCUT2D eigenvalue weighted by Gasteiger charge is 2.31. The van der Waals surface area contributed by atoms with Crippen molar-refractivity contribution in [1.82, 2.24) is 9.55 Å². The van der Waals surface area contributed by atoms with Crippen LogP contribution in [0.15, 0.2) is 140 Å². The predicted octanol–water partition coefficient (Wildman–Crippen LogP) is 16.9. The van der Waals surface area contributed by atoms with Crippen LogP contribution in [0.1, 0.15) is 129 Å². The number of rotatable bonds is 9. The number of aromatic nitrogens is 2. The maximum absolute atomic E-state index is 6.80. The van der Waals surface area contributed by atoms with Crippen LogP contribution in [0.4, 0.5) is 22.7 Å². The molecule has 1 aliphatic heterocycles. The van der Waals surface area contributed by atoms with Crippen LogP contribution in [0.25, 0.3) is 38.8 Å². The number of pyridine rings is 1. The second-order valence-corrected chi connectivity index (χ2v) is 20.8. The van der Waals surface area contributed by atoms with Crippen molar-refractivity contribution in [3.63, 3.8) is 0 Å². The molecule has 5 nitrogen and oxygen atoms in total. The minimum absolute atomic E-state index is 0.00387. The van der Waals surface area contributed by atoms with Crippen LogP contribution >= 0.6 is 0 Å². The van der Waals surface area contributed by atoms with Crippen molar-refractivity contribution in [2.45, 2.75) is 112 Å². The first-order chi connectivity index (χ1) is 30.5. The molecule has 8 aromatic rings. The topological polar surface area (TPSA) is 33.5 Å². The maximum atomic E-state index is 6.80. The zero-order chi connectivity index (χ0) is 45.2. The highest BCUT2D eigenvalue weighted by molar-refractivity contribution is 6.09. The Kier molecular flexibility index (Phi) is 11.0. The number of para-hydroxylation sites is 1. The van der Waals surface area contributed by atoms with Gasteiger partial charge in [-0.3, -0.25) is 4.57 Å². The molecule has 6 aromatic carbocycles. The summed E-state index contributed by atoms with van der Waals surface area (Å²) in [6, 6.07) is 49.1. The number of benzene rings is 6. The van der Waals surface area contributed by atoms with Gasteiger partial charge in [0, 0.05) is 40.5 Å². The summed E-state index contributed by atoms with van der Waals surface area (Å²) in [6.07, 6.45) is 1.93. The van der Waals surface area contributed by atoms with Crippen LogP contribution in [-0.4, -0.2) is 16.2 Å². The van der Waals surface area contributed by atoms with Gasteiger partial charge in [-0.1, -0.05) is 138 Å². The van der Waals surface area contributed by atoms with E-state index in [1.165, 1.54) is 66.8 Å². The van der Waals surface area contributed by atoms with Crippen molar-refractivity contribution in [3.8, 4) is 28.4 Å². The van der Waals surface area contributed by atoms with E-state index in [1.807, 2.05) is 6.20 Å². The number of fused-ring (bicyclic) bond motifs is 4. The minimum atomic E-state index is -0.00761. The Balaban J connectivity index is 1.10. The zero-order valence-corrected chi connectivity index (χ0v) is 39.9. The molecule has 0 aliphatic carbocycles. The standard InChI is InChI=1S/C59H64N4O/c1-37(2)41-30-50(38(3)4)57(51(31-41)39(5)6)40-17-15-18-44(29-40)61-36-62(55-32-42(58(7,8)9)23-26-53(55)61)45-19-16-20-46(34-45)64-47-24-25-49-48-21-13-14-22-52(48)63(54(49)35-47)56-33-43(27-28-60-56)59(10,11)12/h13-35,37-39H,36H2,1-12H3. The summed E-state index contributed by atoms with van der Waals surface area (Å²) in [5.41, 5.74) is 16.3. The molecular weight excluding hydrogens is 781 g/mol. The Hall–Kier alpha value is -6.33. The van der Waals surface area contributed by atoms with Crippen LogP contribution in [0, 0.1) is 0 Å². The Morgan fingerprint density at radius 1 is 0.516 bits per heavy atom. The van der Waals surface area contributed by atoms with Gasteiger partial charge in [0.15, 0.2) is 0 Å². The molecule has 1 aliphatic rings. The number of hydrogen-bond acceptors (Lipinski definition) is 4. The van der Waals surface area contributed by atoms with Gasteiger partial charge >= 0.3 is 0 Å². The normalized spacial score (nSPS) is 13.3. The molecule has 0 unspecified atom stereocenters. The molecule has 0 bridgehead atoms. The Bertz CT molecular complexity index is 3000. The summed E-state index contributed by atoms with van der Waals surface area (Å²) < 4.78 is 9.08. The first-order valence-corrected chi connectivity index (χ1v) is 23.2. The summed E-state index contributed by atoms with van der Waals surface area (Å²) in [5, 5.41) is 2.36. The van der Waals surface area contributed by atoms with Gasteiger partial charge in [-0.2, -0.15) is 0 Å². The number of ether oxygens (including phenoxy) is 1. The molecule has 9 rings (SSSR count). The quantitative estimate of drug-likeness (QED) is 0.145. The summed E-state index contributed by atoms with van der Waals surface area (Å²) in [6.45, 7) is 28.2. The highest BCUT2D eigenvalue weighted by atomic mass is 16.5. The van der Waals surface area contributed by atoms with Gasteiger partial charge in [0.1, 0.15) is 24.0 Å². The van der Waals surface area contributed by atoms with Crippen molar-refractivity contribution >= 4 is 44.6 Å². The molecule has 2 aromatic heterocycles. The lowest BCUT2D eigenvalue weighted by molar-refractivity contribution is 0.483. The van der Waals surface area contributed by atoms with Crippen LogP contribution in [-0.2, 0) is 10.8 Å². The van der Waals surface area contributed by atoms with E-state index in [0.29, 0.717) is 24.4 Å². The summed E-state index contributed by atoms with van der Waals surface area (Å²) in [5.74, 6) is 3.74. The molecule has 0 spiro atoms. The second kappa shape index (κ2) is 16.3. The molecule has 5 heteroatoms. The van der Waals surface area contributed by atoms with E-state index >= 15 is 0 Å². The van der Waals surface area contributed by atoms with Gasteiger partial charge < -0.3 is 14.5 Å². The third-order valence-corrected chi connectivity index (χ3v) is 13.1. The lowest BCUT2D eigenvalue weighted by atomic mass is 9.81. The van der Waals surface area contributed by atoms with E-state index in [-0.39, 0.29) is 10.8 Å². The van der Waals surface area contributed by atoms with E-state index in [0.717, 1.165) is 34.0 Å². The largest absolute Gasteiger partial charge is 0.457 e. The maximum Gasteiger partial charge on any atom is 0.137 e. The van der Waals surface area contributed by atoms with E-state index in [2.05, 4.69) is 231 Å². The zero-order valence-electron chi connectivity index (χ0n) is 39.9. The lowest BCUT2D eigenvalue weighted by Gasteiger charge is -2.25. The Morgan fingerprint density at radius 3 is 1.83 bits per heavy atom.